The minimum absolute atomic E-state index is 0.00594. The van der Waals surface area contributed by atoms with E-state index in [-0.39, 0.29) is 36.6 Å². The van der Waals surface area contributed by atoms with Crippen molar-refractivity contribution in [1.29, 1.82) is 0 Å². The second kappa shape index (κ2) is 8.98. The zero-order chi connectivity index (χ0) is 17.6. The Morgan fingerprint density at radius 2 is 1.83 bits per heavy atom. The fourth-order valence-electron chi connectivity index (χ4n) is 2.43. The number of carbonyl (C=O) groups is 3. The van der Waals surface area contributed by atoms with Crippen molar-refractivity contribution in [3.05, 3.63) is 0 Å². The number of nitrogens with one attached hydrogen (secondary N) is 1. The number of aliphatic carboxylic acids is 1. The predicted molar refractivity (Wildman–Crippen MR) is 82.7 cm³/mol. The fraction of sp³-hybridized carbons (Fsp3) is 0.812. The first-order valence-corrected chi connectivity index (χ1v) is 8.05. The van der Waals surface area contributed by atoms with Gasteiger partial charge in [-0.25, -0.2) is 4.79 Å². The van der Waals surface area contributed by atoms with Crippen molar-refractivity contribution >= 4 is 17.7 Å². The van der Waals surface area contributed by atoms with E-state index in [0.29, 0.717) is 19.4 Å². The van der Waals surface area contributed by atoms with Crippen LogP contribution >= 0.6 is 0 Å². The number of epoxide rings is 1. The normalized spacial score (nSPS) is 22.5. The molecule has 1 unspecified atom stereocenters. The highest BCUT2D eigenvalue weighted by molar-refractivity contribution is 5.95. The van der Waals surface area contributed by atoms with Crippen molar-refractivity contribution in [2.24, 2.45) is 17.8 Å². The predicted octanol–water partition coefficient (Wildman–Crippen LogP) is 0.595. The van der Waals surface area contributed by atoms with Crippen LogP contribution in [0, 0.1) is 17.8 Å². The Morgan fingerprint density at radius 1 is 1.17 bits per heavy atom. The van der Waals surface area contributed by atoms with Crippen LogP contribution in [-0.2, 0) is 19.1 Å². The first-order valence-electron chi connectivity index (χ1n) is 8.05. The molecule has 4 atom stereocenters. The number of ether oxygens (including phenoxy) is 1. The van der Waals surface area contributed by atoms with Crippen molar-refractivity contribution in [1.82, 2.24) is 5.32 Å². The maximum atomic E-state index is 12.3. The third-order valence-electron chi connectivity index (χ3n) is 3.87. The maximum absolute atomic E-state index is 12.3. The molecule has 0 aliphatic carbocycles. The highest BCUT2D eigenvalue weighted by Crippen LogP contribution is 2.27. The smallest absolute Gasteiger partial charge is 0.336 e. The average molecular weight is 329 g/mol. The van der Waals surface area contributed by atoms with E-state index in [0.717, 1.165) is 0 Å². The lowest BCUT2D eigenvalue weighted by molar-refractivity contribution is -0.138. The van der Waals surface area contributed by atoms with E-state index in [9.17, 15) is 14.4 Å². The van der Waals surface area contributed by atoms with Crippen LogP contribution in [0.2, 0.25) is 0 Å². The summed E-state index contributed by atoms with van der Waals surface area (Å²) >= 11 is 0. The number of amides is 1. The molecule has 1 aliphatic heterocycles. The minimum Gasteiger partial charge on any atom is -0.479 e. The molecule has 0 radical (unpaired) electrons. The van der Waals surface area contributed by atoms with Gasteiger partial charge >= 0.3 is 5.97 Å². The number of rotatable bonds is 11. The number of hydrogen-bond acceptors (Lipinski definition) is 5. The lowest BCUT2D eigenvalue weighted by Gasteiger charge is -2.18. The Morgan fingerprint density at radius 3 is 2.30 bits per heavy atom. The molecule has 0 aromatic heterocycles. The first-order chi connectivity index (χ1) is 10.8. The molecule has 0 spiro atoms. The lowest BCUT2D eigenvalue weighted by atomic mass is 9.90. The summed E-state index contributed by atoms with van der Waals surface area (Å²) in [6.45, 7) is 6.33. The molecule has 3 N–H and O–H groups in total. The van der Waals surface area contributed by atoms with Gasteiger partial charge in [0, 0.05) is 25.5 Å². The highest BCUT2D eigenvalue weighted by atomic mass is 16.6. The van der Waals surface area contributed by atoms with Crippen LogP contribution in [0.25, 0.3) is 0 Å². The van der Waals surface area contributed by atoms with Crippen molar-refractivity contribution < 1.29 is 29.3 Å². The Balaban J connectivity index is 2.50. The summed E-state index contributed by atoms with van der Waals surface area (Å²) < 4.78 is 4.84. The Hall–Kier alpha value is -1.47. The SMILES string of the molecule is CC(C)C[C@H](CC(=O)[C@H]1O[C@@H]1C(=O)O)C(=O)NCCC(C)CO. The summed E-state index contributed by atoms with van der Waals surface area (Å²) in [7, 11) is 0. The van der Waals surface area contributed by atoms with E-state index in [1.165, 1.54) is 0 Å². The monoisotopic (exact) mass is 329 g/mol. The third-order valence-corrected chi connectivity index (χ3v) is 3.87. The summed E-state index contributed by atoms with van der Waals surface area (Å²) in [5.74, 6) is -1.81. The topological polar surface area (TPSA) is 116 Å². The van der Waals surface area contributed by atoms with Gasteiger partial charge < -0.3 is 20.3 Å². The number of carboxylic acids is 1. The number of carboxylic acid groups (broad SMARTS) is 1. The number of aliphatic hydroxyl groups is 1. The standard InChI is InChI=1S/C16H27NO6/c1-9(2)6-11(15(20)17-5-4-10(3)8-18)7-12(19)13-14(23-13)16(21)22/h9-11,13-14,18H,4-8H2,1-3H3,(H,17,20)(H,21,22)/t10?,11-,13-,14+/m1/s1. The quantitative estimate of drug-likeness (QED) is 0.478. The van der Waals surface area contributed by atoms with E-state index < -0.39 is 24.1 Å². The molecular formula is C16H27NO6. The largest absolute Gasteiger partial charge is 0.479 e. The van der Waals surface area contributed by atoms with Gasteiger partial charge in [-0.05, 0) is 24.7 Å². The Labute approximate surface area is 136 Å². The third kappa shape index (κ3) is 6.66. The zero-order valence-electron chi connectivity index (χ0n) is 13.9. The Bertz CT molecular complexity index is 436. The molecule has 7 heteroatoms. The molecule has 7 nitrogen and oxygen atoms in total. The van der Waals surface area contributed by atoms with Gasteiger partial charge in [0.15, 0.2) is 18.0 Å². The van der Waals surface area contributed by atoms with Crippen LogP contribution in [0.15, 0.2) is 0 Å². The molecule has 1 heterocycles. The van der Waals surface area contributed by atoms with Gasteiger partial charge in [0.1, 0.15) is 0 Å². The second-order valence-corrected chi connectivity index (χ2v) is 6.68. The van der Waals surface area contributed by atoms with Crippen LogP contribution in [0.3, 0.4) is 0 Å². The highest BCUT2D eigenvalue weighted by Gasteiger charge is 2.50. The van der Waals surface area contributed by atoms with Gasteiger partial charge in [0.2, 0.25) is 5.91 Å². The zero-order valence-corrected chi connectivity index (χ0v) is 13.9. The van der Waals surface area contributed by atoms with Crippen LogP contribution in [0.4, 0.5) is 0 Å². The van der Waals surface area contributed by atoms with E-state index in [1.807, 2.05) is 20.8 Å². The number of Topliss-reactive ketones (excluding diaryl/α,β-unsaturated/α-hetero) is 1. The molecule has 1 aliphatic rings. The molecular weight excluding hydrogens is 302 g/mol. The molecule has 0 bridgehead atoms. The van der Waals surface area contributed by atoms with Crippen molar-refractivity contribution in [2.45, 2.75) is 52.2 Å². The molecule has 132 valence electrons. The fourth-order valence-corrected chi connectivity index (χ4v) is 2.43. The van der Waals surface area contributed by atoms with Gasteiger partial charge in [-0.15, -0.1) is 0 Å². The van der Waals surface area contributed by atoms with Crippen LogP contribution < -0.4 is 5.32 Å². The lowest BCUT2D eigenvalue weighted by Crippen LogP contribution is -2.35. The van der Waals surface area contributed by atoms with Gasteiger partial charge in [-0.2, -0.15) is 0 Å². The second-order valence-electron chi connectivity index (χ2n) is 6.68. The number of aliphatic hydroxyl groups excluding tert-OH is 1. The molecule has 1 amide bonds. The minimum atomic E-state index is -1.15. The van der Waals surface area contributed by atoms with Gasteiger partial charge in [-0.3, -0.25) is 9.59 Å². The van der Waals surface area contributed by atoms with Gasteiger partial charge in [-0.1, -0.05) is 20.8 Å². The first kappa shape index (κ1) is 19.6. The average Bonchev–Trinajstić information content (AvgIpc) is 3.26. The number of ketones is 1. The maximum Gasteiger partial charge on any atom is 0.336 e. The van der Waals surface area contributed by atoms with E-state index >= 15 is 0 Å². The molecule has 1 rings (SSSR count). The molecule has 1 fully saturated rings. The van der Waals surface area contributed by atoms with Gasteiger partial charge in [0.25, 0.3) is 0 Å². The number of hydrogen-bond donors (Lipinski definition) is 3. The van der Waals surface area contributed by atoms with Crippen LogP contribution in [-0.4, -0.2) is 53.2 Å². The summed E-state index contributed by atoms with van der Waals surface area (Å²) in [5, 5.41) is 20.5. The molecule has 0 aromatic rings. The Kier molecular flexibility index (Phi) is 7.64. The molecule has 23 heavy (non-hydrogen) atoms. The van der Waals surface area contributed by atoms with Crippen molar-refractivity contribution in [2.75, 3.05) is 13.2 Å². The summed E-state index contributed by atoms with van der Waals surface area (Å²) in [5.41, 5.74) is 0. The summed E-state index contributed by atoms with van der Waals surface area (Å²) in [6.07, 6.45) is -0.761. The van der Waals surface area contributed by atoms with Crippen molar-refractivity contribution in [3.63, 3.8) is 0 Å². The van der Waals surface area contributed by atoms with E-state index in [1.54, 1.807) is 0 Å². The van der Waals surface area contributed by atoms with Crippen LogP contribution in [0.1, 0.15) is 40.0 Å². The van der Waals surface area contributed by atoms with E-state index in [4.69, 9.17) is 14.9 Å². The molecule has 0 aromatic carbocycles. The van der Waals surface area contributed by atoms with Crippen molar-refractivity contribution in [3.8, 4) is 0 Å². The molecule has 0 saturated carbocycles. The van der Waals surface area contributed by atoms with Gasteiger partial charge in [0.05, 0.1) is 0 Å². The summed E-state index contributed by atoms with van der Waals surface area (Å²) in [4.78, 5) is 35.0. The molecule has 1 saturated heterocycles. The number of carbonyl (C=O) groups excluding carboxylic acids is 2. The summed E-state index contributed by atoms with van der Waals surface area (Å²) in [6, 6.07) is 0. The van der Waals surface area contributed by atoms with Crippen LogP contribution in [0.5, 0.6) is 0 Å². The van der Waals surface area contributed by atoms with E-state index in [2.05, 4.69) is 5.32 Å².